The van der Waals surface area contributed by atoms with Crippen molar-refractivity contribution >= 4 is 29.0 Å². The van der Waals surface area contributed by atoms with Crippen LogP contribution < -0.4 is 20.9 Å². The molecule has 10 heteroatoms. The summed E-state index contributed by atoms with van der Waals surface area (Å²) in [6, 6.07) is -3.60. The van der Waals surface area contributed by atoms with Crippen LogP contribution in [0, 0.1) is 0 Å². The molecule has 1 atom stereocenters. The molecule has 208 valence electrons. The molecule has 3 aliphatic rings. The molecule has 2 aliphatic heterocycles. The first kappa shape index (κ1) is 27.3. The number of rotatable bonds is 8. The predicted octanol–water partition coefficient (Wildman–Crippen LogP) is 4.53. The van der Waals surface area contributed by atoms with E-state index < -0.39 is 12.1 Å². The van der Waals surface area contributed by atoms with Crippen molar-refractivity contribution < 1.29 is 8.78 Å². The fourth-order valence-corrected chi connectivity index (χ4v) is 5.95. The van der Waals surface area contributed by atoms with Crippen LogP contribution in [0.25, 0.3) is 16.5 Å². The molecule has 8 nitrogen and oxygen atoms in total. The van der Waals surface area contributed by atoms with Crippen molar-refractivity contribution in [2.45, 2.75) is 64.5 Å². The van der Waals surface area contributed by atoms with Gasteiger partial charge in [-0.3, -0.25) is 15.3 Å². The number of alkyl halides is 2. The molecule has 0 radical (unpaired) electrons. The molecule has 0 aromatic carbocycles. The zero-order valence-corrected chi connectivity index (χ0v) is 23.0. The van der Waals surface area contributed by atoms with E-state index >= 15 is 0 Å². The van der Waals surface area contributed by atoms with Gasteiger partial charge in [0.05, 0.1) is 24.0 Å². The van der Waals surface area contributed by atoms with E-state index in [4.69, 9.17) is 9.97 Å². The zero-order valence-electron chi connectivity index (χ0n) is 23.0. The first-order valence-corrected chi connectivity index (χ1v) is 13.9. The van der Waals surface area contributed by atoms with Crippen molar-refractivity contribution in [2.75, 3.05) is 37.6 Å². The van der Waals surface area contributed by atoms with Gasteiger partial charge in [0, 0.05) is 67.6 Å². The number of halogens is 2. The molecule has 1 unspecified atom stereocenters. The average molecular weight is 537 g/mol. The SMILES string of the molecule is C=NC1=C(/C(=C\C)c2nc(N3CCNCC3)c3c(C4CCCC4)cncc3n2)C=C(C(C)NC(C)(F)F)NC1. The van der Waals surface area contributed by atoms with E-state index in [1.165, 1.54) is 18.4 Å². The first-order valence-electron chi connectivity index (χ1n) is 13.9. The highest BCUT2D eigenvalue weighted by Crippen LogP contribution is 2.40. The molecule has 1 saturated heterocycles. The Morgan fingerprint density at radius 1 is 1.23 bits per heavy atom. The Morgan fingerprint density at radius 3 is 2.64 bits per heavy atom. The van der Waals surface area contributed by atoms with Gasteiger partial charge >= 0.3 is 0 Å². The van der Waals surface area contributed by atoms with E-state index in [2.05, 4.69) is 37.5 Å². The van der Waals surface area contributed by atoms with Crippen LogP contribution in [0.15, 0.2) is 46.5 Å². The minimum absolute atomic E-state index is 0.370. The number of aliphatic imine (C=N–C) groups is 1. The van der Waals surface area contributed by atoms with Gasteiger partial charge in [0.25, 0.3) is 6.05 Å². The van der Waals surface area contributed by atoms with E-state index in [0.29, 0.717) is 29.7 Å². The highest BCUT2D eigenvalue weighted by molar-refractivity contribution is 5.94. The summed E-state index contributed by atoms with van der Waals surface area (Å²) in [5.74, 6) is 1.98. The Balaban J connectivity index is 1.63. The number of hydrogen-bond acceptors (Lipinski definition) is 8. The van der Waals surface area contributed by atoms with Gasteiger partial charge in [0.2, 0.25) is 0 Å². The monoisotopic (exact) mass is 536 g/mol. The number of hydrogen-bond donors (Lipinski definition) is 3. The summed E-state index contributed by atoms with van der Waals surface area (Å²) in [6.07, 6.45) is 12.4. The van der Waals surface area contributed by atoms with E-state index in [0.717, 1.165) is 73.8 Å². The van der Waals surface area contributed by atoms with E-state index in [1.54, 1.807) is 6.92 Å². The van der Waals surface area contributed by atoms with Crippen LogP contribution in [0.5, 0.6) is 0 Å². The highest BCUT2D eigenvalue weighted by atomic mass is 19.3. The highest BCUT2D eigenvalue weighted by Gasteiger charge is 2.29. The Morgan fingerprint density at radius 2 is 1.97 bits per heavy atom. The lowest BCUT2D eigenvalue weighted by Crippen LogP contribution is -2.44. The summed E-state index contributed by atoms with van der Waals surface area (Å²) in [5.41, 5.74) is 4.99. The Kier molecular flexibility index (Phi) is 8.04. The lowest BCUT2D eigenvalue weighted by Gasteiger charge is -2.31. The minimum Gasteiger partial charge on any atom is -0.381 e. The van der Waals surface area contributed by atoms with Crippen LogP contribution in [0.3, 0.4) is 0 Å². The second kappa shape index (κ2) is 11.5. The topological polar surface area (TPSA) is 90.4 Å². The van der Waals surface area contributed by atoms with Crippen LogP contribution in [-0.4, -0.2) is 66.5 Å². The molecule has 2 aromatic heterocycles. The molecule has 39 heavy (non-hydrogen) atoms. The molecule has 2 aromatic rings. The van der Waals surface area contributed by atoms with Gasteiger partial charge in [0.1, 0.15) is 5.82 Å². The van der Waals surface area contributed by atoms with Crippen LogP contribution in [0.1, 0.15) is 63.8 Å². The Hall–Kier alpha value is -3.24. The maximum atomic E-state index is 13.7. The molecule has 5 rings (SSSR count). The largest absolute Gasteiger partial charge is 0.381 e. The standard InChI is InChI=1S/C29H38F2N8/c1-5-20(21-14-23(35-17-24(21)32-4)18(2)38-29(3,30)31)27-36-25-16-34-15-22(19-8-6-7-9-19)26(25)28(37-27)39-12-10-33-11-13-39/h5,14-16,18-19,33,35,38H,4,6-13,17H2,1-3H3/b20-5+. The third kappa shape index (κ3) is 5.86. The number of fused-ring (bicyclic) bond motifs is 1. The maximum Gasteiger partial charge on any atom is 0.300 e. The molecular formula is C29H38F2N8. The van der Waals surface area contributed by atoms with Gasteiger partial charge in [-0.05, 0) is 51.0 Å². The van der Waals surface area contributed by atoms with Crippen LogP contribution in [-0.2, 0) is 0 Å². The summed E-state index contributed by atoms with van der Waals surface area (Å²) in [7, 11) is 0. The molecule has 0 bridgehead atoms. The third-order valence-corrected chi connectivity index (χ3v) is 7.85. The smallest absolute Gasteiger partial charge is 0.300 e. The average Bonchev–Trinajstić information content (AvgIpc) is 3.47. The number of dihydropyridines is 1. The number of aromatic nitrogens is 3. The molecule has 1 aliphatic carbocycles. The van der Waals surface area contributed by atoms with Gasteiger partial charge in [-0.25, -0.2) is 9.97 Å². The van der Waals surface area contributed by atoms with Gasteiger partial charge in [0.15, 0.2) is 5.82 Å². The van der Waals surface area contributed by atoms with Crippen LogP contribution in [0.4, 0.5) is 14.6 Å². The Bertz CT molecular complexity index is 1310. The normalized spacial score (nSPS) is 20.3. The van der Waals surface area contributed by atoms with Crippen molar-refractivity contribution in [2.24, 2.45) is 4.99 Å². The molecule has 4 heterocycles. The summed E-state index contributed by atoms with van der Waals surface area (Å²) in [6.45, 7) is 12.1. The molecule has 0 spiro atoms. The molecule has 2 fully saturated rings. The number of nitrogens with zero attached hydrogens (tertiary/aromatic N) is 5. The number of nitrogens with one attached hydrogen (secondary N) is 3. The minimum atomic E-state index is -3.00. The van der Waals surface area contributed by atoms with Crippen molar-refractivity contribution in [1.82, 2.24) is 30.9 Å². The zero-order chi connectivity index (χ0) is 27.6. The molecule has 1 saturated carbocycles. The van der Waals surface area contributed by atoms with E-state index in [-0.39, 0.29) is 0 Å². The lowest BCUT2D eigenvalue weighted by atomic mass is 9.94. The van der Waals surface area contributed by atoms with E-state index in [1.807, 2.05) is 31.5 Å². The summed E-state index contributed by atoms with van der Waals surface area (Å²) in [4.78, 5) is 21.5. The van der Waals surface area contributed by atoms with Crippen LogP contribution in [0.2, 0.25) is 0 Å². The first-order chi connectivity index (χ1) is 18.8. The number of anilines is 1. The summed E-state index contributed by atoms with van der Waals surface area (Å²) >= 11 is 0. The third-order valence-electron chi connectivity index (χ3n) is 7.85. The van der Waals surface area contributed by atoms with Gasteiger partial charge in [-0.1, -0.05) is 18.9 Å². The molecule has 3 N–H and O–H groups in total. The summed E-state index contributed by atoms with van der Waals surface area (Å²) < 4.78 is 27.4. The predicted molar refractivity (Wildman–Crippen MR) is 153 cm³/mol. The number of allylic oxidation sites excluding steroid dienone is 4. The fraction of sp³-hybridized carbons (Fsp3) is 0.517. The van der Waals surface area contributed by atoms with Gasteiger partial charge in [-0.15, -0.1) is 0 Å². The molecule has 0 amide bonds. The molecular weight excluding hydrogens is 498 g/mol. The second-order valence-corrected chi connectivity index (χ2v) is 10.6. The van der Waals surface area contributed by atoms with Gasteiger partial charge in [-0.2, -0.15) is 8.78 Å². The Labute approximate surface area is 228 Å². The maximum absolute atomic E-state index is 13.7. The van der Waals surface area contributed by atoms with Crippen LogP contribution >= 0.6 is 0 Å². The fourth-order valence-electron chi connectivity index (χ4n) is 5.95. The van der Waals surface area contributed by atoms with Gasteiger partial charge < -0.3 is 15.5 Å². The van der Waals surface area contributed by atoms with Crippen molar-refractivity contribution in [3.8, 4) is 0 Å². The van der Waals surface area contributed by atoms with Crippen molar-refractivity contribution in [3.05, 3.63) is 52.9 Å². The lowest BCUT2D eigenvalue weighted by molar-refractivity contribution is -0.0212. The number of pyridine rings is 1. The quantitative estimate of drug-likeness (QED) is 0.337. The van der Waals surface area contributed by atoms with Crippen molar-refractivity contribution in [1.29, 1.82) is 0 Å². The number of piperazine rings is 1. The summed E-state index contributed by atoms with van der Waals surface area (Å²) in [5, 5.41) is 10.1. The second-order valence-electron chi connectivity index (χ2n) is 10.6. The van der Waals surface area contributed by atoms with Crippen molar-refractivity contribution in [3.63, 3.8) is 0 Å². The van der Waals surface area contributed by atoms with E-state index in [9.17, 15) is 8.78 Å².